The highest BCUT2D eigenvalue weighted by Crippen LogP contribution is 2.13. The summed E-state index contributed by atoms with van der Waals surface area (Å²) in [5.74, 6) is 0.596. The summed E-state index contributed by atoms with van der Waals surface area (Å²) in [6, 6.07) is 6.16. The lowest BCUT2D eigenvalue weighted by atomic mass is 10.1. The molecule has 0 heterocycles. The van der Waals surface area contributed by atoms with Crippen molar-refractivity contribution < 1.29 is 8.42 Å². The Balaban J connectivity index is 2.67. The maximum atomic E-state index is 12.3. The Morgan fingerprint density at radius 2 is 1.90 bits per heavy atom. The smallest absolute Gasteiger partial charge is 0.179 e. The van der Waals surface area contributed by atoms with E-state index in [4.69, 9.17) is 11.1 Å². The topological polar surface area (TPSA) is 87.2 Å². The van der Waals surface area contributed by atoms with Crippen LogP contribution in [0.3, 0.4) is 0 Å². The normalized spacial score (nSPS) is 13.3. The summed E-state index contributed by atoms with van der Waals surface area (Å²) >= 11 is 0. The SMILES string of the molecule is CCC(C)CN(C)CCS(=O)(=O)c1ccc(C(=N)N)cc1. The Morgan fingerprint density at radius 1 is 1.33 bits per heavy atom. The first-order chi connectivity index (χ1) is 9.76. The zero-order valence-corrected chi connectivity index (χ0v) is 13.8. The van der Waals surface area contributed by atoms with E-state index in [1.54, 1.807) is 12.1 Å². The highest BCUT2D eigenvalue weighted by atomic mass is 32.2. The van der Waals surface area contributed by atoms with Crippen molar-refractivity contribution in [1.82, 2.24) is 4.90 Å². The molecule has 21 heavy (non-hydrogen) atoms. The molecule has 118 valence electrons. The molecule has 0 aromatic heterocycles. The number of amidine groups is 1. The van der Waals surface area contributed by atoms with Crippen molar-refractivity contribution in [3.63, 3.8) is 0 Å². The highest BCUT2D eigenvalue weighted by Gasteiger charge is 2.16. The van der Waals surface area contributed by atoms with Gasteiger partial charge in [0.1, 0.15) is 5.84 Å². The summed E-state index contributed by atoms with van der Waals surface area (Å²) in [4.78, 5) is 2.33. The number of hydrogen-bond donors (Lipinski definition) is 2. The van der Waals surface area contributed by atoms with Crippen LogP contribution in [0.25, 0.3) is 0 Å². The standard InChI is InChI=1S/C15H25N3O2S/c1-4-12(2)11-18(3)9-10-21(19,20)14-7-5-13(6-8-14)15(16)17/h5-8,12H,4,9-11H2,1-3H3,(H3,16,17). The Hall–Kier alpha value is -1.40. The molecule has 1 rings (SSSR count). The average molecular weight is 311 g/mol. The molecule has 5 nitrogen and oxygen atoms in total. The van der Waals surface area contributed by atoms with E-state index >= 15 is 0 Å². The van der Waals surface area contributed by atoms with Crippen LogP contribution in [-0.2, 0) is 9.84 Å². The predicted octanol–water partition coefficient (Wildman–Crippen LogP) is 1.72. The fourth-order valence-corrected chi connectivity index (χ4v) is 3.33. The van der Waals surface area contributed by atoms with Crippen molar-refractivity contribution in [2.45, 2.75) is 25.2 Å². The fourth-order valence-electron chi connectivity index (χ4n) is 1.99. The van der Waals surface area contributed by atoms with Crippen LogP contribution in [0.15, 0.2) is 29.2 Å². The molecule has 0 spiro atoms. The molecule has 0 radical (unpaired) electrons. The van der Waals surface area contributed by atoms with Crippen LogP contribution < -0.4 is 5.73 Å². The van der Waals surface area contributed by atoms with Gasteiger partial charge >= 0.3 is 0 Å². The summed E-state index contributed by atoms with van der Waals surface area (Å²) in [5.41, 5.74) is 5.89. The van der Waals surface area contributed by atoms with E-state index in [0.717, 1.165) is 13.0 Å². The average Bonchev–Trinajstić information content (AvgIpc) is 2.45. The van der Waals surface area contributed by atoms with E-state index in [2.05, 4.69) is 18.7 Å². The second kappa shape index (κ2) is 7.56. The van der Waals surface area contributed by atoms with Gasteiger partial charge in [-0.1, -0.05) is 32.4 Å². The quantitative estimate of drug-likeness (QED) is 0.565. The highest BCUT2D eigenvalue weighted by molar-refractivity contribution is 7.91. The van der Waals surface area contributed by atoms with Crippen molar-refractivity contribution in [3.05, 3.63) is 29.8 Å². The molecule has 0 bridgehead atoms. The zero-order valence-electron chi connectivity index (χ0n) is 13.0. The minimum atomic E-state index is -3.29. The summed E-state index contributed by atoms with van der Waals surface area (Å²) in [6.07, 6.45) is 1.09. The molecule has 1 aromatic rings. The van der Waals surface area contributed by atoms with Crippen LogP contribution in [0.4, 0.5) is 0 Å². The molecule has 0 fully saturated rings. The predicted molar refractivity (Wildman–Crippen MR) is 86.5 cm³/mol. The molecule has 0 amide bonds. The Bertz CT molecular complexity index is 567. The minimum absolute atomic E-state index is 0.0627. The lowest BCUT2D eigenvalue weighted by Crippen LogP contribution is -2.29. The number of nitrogens with one attached hydrogen (secondary N) is 1. The molecule has 1 aromatic carbocycles. The first kappa shape index (κ1) is 17.7. The van der Waals surface area contributed by atoms with Crippen molar-refractivity contribution in [1.29, 1.82) is 5.41 Å². The van der Waals surface area contributed by atoms with Gasteiger partial charge in [-0.15, -0.1) is 0 Å². The monoisotopic (exact) mass is 311 g/mol. The number of rotatable bonds is 8. The largest absolute Gasteiger partial charge is 0.384 e. The van der Waals surface area contributed by atoms with Gasteiger partial charge in [0.25, 0.3) is 0 Å². The number of nitrogens with zero attached hydrogens (tertiary/aromatic N) is 1. The van der Waals surface area contributed by atoms with E-state index < -0.39 is 9.84 Å². The van der Waals surface area contributed by atoms with E-state index in [1.165, 1.54) is 12.1 Å². The lowest BCUT2D eigenvalue weighted by Gasteiger charge is -2.20. The third kappa shape index (κ3) is 5.47. The van der Waals surface area contributed by atoms with Gasteiger partial charge in [-0.05, 0) is 25.1 Å². The van der Waals surface area contributed by atoms with Gasteiger partial charge in [0, 0.05) is 18.7 Å². The molecular formula is C15H25N3O2S. The van der Waals surface area contributed by atoms with Crippen molar-refractivity contribution >= 4 is 15.7 Å². The Labute approximate surface area is 127 Å². The summed E-state index contributed by atoms with van der Waals surface area (Å²) in [7, 11) is -1.35. The Morgan fingerprint density at radius 3 is 2.38 bits per heavy atom. The number of hydrogen-bond acceptors (Lipinski definition) is 4. The maximum Gasteiger partial charge on any atom is 0.179 e. The molecule has 1 unspecified atom stereocenters. The van der Waals surface area contributed by atoms with Crippen LogP contribution in [0, 0.1) is 11.3 Å². The van der Waals surface area contributed by atoms with E-state index in [0.29, 0.717) is 18.0 Å². The van der Waals surface area contributed by atoms with Gasteiger partial charge in [-0.2, -0.15) is 0 Å². The van der Waals surface area contributed by atoms with Crippen LogP contribution in [0.1, 0.15) is 25.8 Å². The molecule has 0 saturated heterocycles. The minimum Gasteiger partial charge on any atom is -0.384 e. The number of sulfone groups is 1. The summed E-state index contributed by atoms with van der Waals surface area (Å²) in [6.45, 7) is 5.70. The molecule has 3 N–H and O–H groups in total. The number of nitrogen functional groups attached to an aromatic ring is 1. The number of benzene rings is 1. The van der Waals surface area contributed by atoms with Crippen molar-refractivity contribution in [2.24, 2.45) is 11.7 Å². The van der Waals surface area contributed by atoms with Crippen LogP contribution >= 0.6 is 0 Å². The van der Waals surface area contributed by atoms with Crippen LogP contribution in [0.5, 0.6) is 0 Å². The molecule has 0 saturated carbocycles. The molecular weight excluding hydrogens is 286 g/mol. The van der Waals surface area contributed by atoms with Gasteiger partial charge in [-0.25, -0.2) is 8.42 Å². The third-order valence-corrected chi connectivity index (χ3v) is 5.30. The van der Waals surface area contributed by atoms with Gasteiger partial charge in [0.15, 0.2) is 9.84 Å². The van der Waals surface area contributed by atoms with E-state index in [1.807, 2.05) is 7.05 Å². The molecule has 1 atom stereocenters. The van der Waals surface area contributed by atoms with Gasteiger partial charge in [0.05, 0.1) is 10.6 Å². The third-order valence-electron chi connectivity index (χ3n) is 3.59. The van der Waals surface area contributed by atoms with Gasteiger partial charge in [-0.3, -0.25) is 5.41 Å². The first-order valence-electron chi connectivity index (χ1n) is 7.12. The molecule has 0 aliphatic heterocycles. The Kier molecular flexibility index (Phi) is 6.36. The fraction of sp³-hybridized carbons (Fsp3) is 0.533. The first-order valence-corrected chi connectivity index (χ1v) is 8.77. The van der Waals surface area contributed by atoms with E-state index in [-0.39, 0.29) is 16.5 Å². The zero-order chi connectivity index (χ0) is 16.0. The van der Waals surface area contributed by atoms with Gasteiger partial charge < -0.3 is 10.6 Å². The summed E-state index contributed by atoms with van der Waals surface area (Å²) < 4.78 is 24.5. The summed E-state index contributed by atoms with van der Waals surface area (Å²) in [5, 5.41) is 7.30. The van der Waals surface area contributed by atoms with Crippen molar-refractivity contribution in [2.75, 3.05) is 25.9 Å². The van der Waals surface area contributed by atoms with Crippen molar-refractivity contribution in [3.8, 4) is 0 Å². The maximum absolute atomic E-state index is 12.3. The second-order valence-electron chi connectivity index (χ2n) is 5.53. The van der Waals surface area contributed by atoms with E-state index in [9.17, 15) is 8.42 Å². The molecule has 0 aliphatic carbocycles. The number of nitrogens with two attached hydrogens (primary N) is 1. The van der Waals surface area contributed by atoms with Crippen LogP contribution in [-0.4, -0.2) is 45.0 Å². The second-order valence-corrected chi connectivity index (χ2v) is 7.64. The lowest BCUT2D eigenvalue weighted by molar-refractivity contribution is 0.296. The van der Waals surface area contributed by atoms with Gasteiger partial charge in [0.2, 0.25) is 0 Å². The van der Waals surface area contributed by atoms with Crippen LogP contribution in [0.2, 0.25) is 0 Å². The molecule has 6 heteroatoms. The molecule has 0 aliphatic rings.